The number of nitrogens with zero attached hydrogens (tertiary/aromatic N) is 1. The fourth-order valence-electron chi connectivity index (χ4n) is 2.40. The molecule has 0 aliphatic heterocycles. The van der Waals surface area contributed by atoms with Gasteiger partial charge in [0.05, 0.1) is 11.2 Å². The van der Waals surface area contributed by atoms with E-state index in [2.05, 4.69) is 5.32 Å². The maximum Gasteiger partial charge on any atom is 0.244 e. The number of carbonyl (C=O) groups is 1. The van der Waals surface area contributed by atoms with Crippen molar-refractivity contribution >= 4 is 22.5 Å². The lowest BCUT2D eigenvalue weighted by Crippen LogP contribution is -2.21. The number of para-hydroxylation sites is 1. The minimum atomic E-state index is -0.917. The van der Waals surface area contributed by atoms with E-state index in [1.165, 1.54) is 35.0 Å². The zero-order valence-corrected chi connectivity index (χ0v) is 12.2. The van der Waals surface area contributed by atoms with E-state index in [0.29, 0.717) is 6.07 Å². The van der Waals surface area contributed by atoms with Crippen LogP contribution in [0.15, 0.2) is 53.5 Å². The molecule has 3 rings (SSSR count). The number of hydrogen-bond acceptors (Lipinski definition) is 2. The Bertz CT molecular complexity index is 999. The van der Waals surface area contributed by atoms with Gasteiger partial charge in [-0.2, -0.15) is 0 Å². The second-order valence-electron chi connectivity index (χ2n) is 5.12. The van der Waals surface area contributed by atoms with E-state index in [4.69, 9.17) is 0 Å². The first-order chi connectivity index (χ1) is 11.5. The average molecular weight is 332 g/mol. The Balaban J connectivity index is 1.91. The third-order valence-electron chi connectivity index (χ3n) is 3.46. The minimum Gasteiger partial charge on any atom is -0.335 e. The second-order valence-corrected chi connectivity index (χ2v) is 5.12. The molecule has 24 heavy (non-hydrogen) atoms. The molecule has 3 aromatic rings. The second kappa shape index (κ2) is 6.19. The summed E-state index contributed by atoms with van der Waals surface area (Å²) in [6.07, 6.45) is 1.29. The number of pyridine rings is 1. The van der Waals surface area contributed by atoms with Crippen molar-refractivity contribution in [3.8, 4) is 0 Å². The van der Waals surface area contributed by atoms with Crippen molar-refractivity contribution < 1.29 is 18.0 Å². The van der Waals surface area contributed by atoms with Gasteiger partial charge in [0, 0.05) is 23.7 Å². The highest BCUT2D eigenvalue weighted by Gasteiger charge is 2.12. The molecular formula is C17H11F3N2O2. The van der Waals surface area contributed by atoms with Crippen LogP contribution in [0.1, 0.15) is 0 Å². The third-order valence-corrected chi connectivity index (χ3v) is 3.46. The molecule has 4 nitrogen and oxygen atoms in total. The summed E-state index contributed by atoms with van der Waals surface area (Å²) < 4.78 is 41.7. The Morgan fingerprint density at radius 1 is 1.04 bits per heavy atom. The van der Waals surface area contributed by atoms with Crippen molar-refractivity contribution in [3.63, 3.8) is 0 Å². The van der Waals surface area contributed by atoms with Gasteiger partial charge in [-0.25, -0.2) is 13.2 Å². The Kier molecular flexibility index (Phi) is 4.07. The Morgan fingerprint density at radius 3 is 2.58 bits per heavy atom. The van der Waals surface area contributed by atoms with E-state index in [0.717, 1.165) is 12.1 Å². The van der Waals surface area contributed by atoms with Gasteiger partial charge >= 0.3 is 0 Å². The summed E-state index contributed by atoms with van der Waals surface area (Å²) in [5.74, 6) is -2.97. The summed E-state index contributed by atoms with van der Waals surface area (Å²) in [5.41, 5.74) is -0.572. The lowest BCUT2D eigenvalue weighted by Gasteiger charge is -2.12. The molecule has 1 aromatic heterocycles. The largest absolute Gasteiger partial charge is 0.335 e. The van der Waals surface area contributed by atoms with Gasteiger partial charge in [0.1, 0.15) is 24.0 Å². The smallest absolute Gasteiger partial charge is 0.244 e. The standard InChI is InChI=1S/C17H11F3N2O2/c18-10-4-5-14(13(20)8-10)21-16(24)9-22-7-6-15(23)11-2-1-3-12(19)17(11)22/h1-8H,9H2,(H,21,24). The molecule has 7 heteroatoms. The number of rotatable bonds is 3. The average Bonchev–Trinajstić information content (AvgIpc) is 2.53. The first-order valence-electron chi connectivity index (χ1n) is 6.98. The number of fused-ring (bicyclic) bond motifs is 1. The van der Waals surface area contributed by atoms with Crippen molar-refractivity contribution in [2.75, 3.05) is 5.32 Å². The van der Waals surface area contributed by atoms with Gasteiger partial charge in [0.25, 0.3) is 0 Å². The van der Waals surface area contributed by atoms with Crippen molar-refractivity contribution in [2.24, 2.45) is 0 Å². The van der Waals surface area contributed by atoms with Crippen LogP contribution in [0.3, 0.4) is 0 Å². The zero-order valence-electron chi connectivity index (χ0n) is 12.2. The number of aromatic nitrogens is 1. The van der Waals surface area contributed by atoms with Gasteiger partial charge in [0.15, 0.2) is 5.43 Å². The number of amides is 1. The summed E-state index contributed by atoms with van der Waals surface area (Å²) >= 11 is 0. The molecule has 0 saturated carbocycles. The molecule has 1 amide bonds. The minimum absolute atomic E-state index is 0.0141. The number of carbonyl (C=O) groups excluding carboxylic acids is 1. The first-order valence-corrected chi connectivity index (χ1v) is 6.98. The highest BCUT2D eigenvalue weighted by atomic mass is 19.1. The lowest BCUT2D eigenvalue weighted by atomic mass is 10.2. The summed E-state index contributed by atoms with van der Waals surface area (Å²) in [6.45, 7) is -0.339. The van der Waals surface area contributed by atoms with Crippen LogP contribution < -0.4 is 10.7 Å². The van der Waals surface area contributed by atoms with Crippen LogP contribution in [-0.2, 0) is 11.3 Å². The Hall–Kier alpha value is -3.09. The number of benzene rings is 2. The van der Waals surface area contributed by atoms with Crippen molar-refractivity contribution in [1.29, 1.82) is 0 Å². The Labute approximate surface area is 134 Å². The predicted octanol–water partition coefficient (Wildman–Crippen LogP) is 3.06. The van der Waals surface area contributed by atoms with E-state index in [1.54, 1.807) is 0 Å². The van der Waals surface area contributed by atoms with Crippen LogP contribution in [0.2, 0.25) is 0 Å². The maximum atomic E-state index is 14.0. The molecule has 0 spiro atoms. The molecule has 0 aliphatic rings. The van der Waals surface area contributed by atoms with Crippen LogP contribution in [0.25, 0.3) is 10.9 Å². The molecule has 0 radical (unpaired) electrons. The number of hydrogen-bond donors (Lipinski definition) is 1. The SMILES string of the molecule is O=C(Cn1ccc(=O)c2cccc(F)c21)Nc1ccc(F)cc1F. The van der Waals surface area contributed by atoms with Crippen molar-refractivity contribution in [1.82, 2.24) is 4.57 Å². The number of anilines is 1. The van der Waals surface area contributed by atoms with E-state index >= 15 is 0 Å². The number of halogens is 3. The molecule has 122 valence electrons. The van der Waals surface area contributed by atoms with Crippen molar-refractivity contribution in [3.05, 3.63) is 76.3 Å². The molecule has 2 aromatic carbocycles. The molecule has 0 unspecified atom stereocenters. The topological polar surface area (TPSA) is 51.1 Å². The molecule has 0 bridgehead atoms. The molecule has 0 atom stereocenters. The highest BCUT2D eigenvalue weighted by Crippen LogP contribution is 2.17. The molecule has 1 heterocycles. The lowest BCUT2D eigenvalue weighted by molar-refractivity contribution is -0.116. The predicted molar refractivity (Wildman–Crippen MR) is 83.2 cm³/mol. The van der Waals surface area contributed by atoms with Gasteiger partial charge in [-0.1, -0.05) is 6.07 Å². The van der Waals surface area contributed by atoms with Gasteiger partial charge < -0.3 is 9.88 Å². The first kappa shape index (κ1) is 15.8. The Morgan fingerprint density at radius 2 is 1.83 bits per heavy atom. The van der Waals surface area contributed by atoms with Gasteiger partial charge in [0.2, 0.25) is 5.91 Å². The maximum absolute atomic E-state index is 14.0. The summed E-state index contributed by atoms with van der Waals surface area (Å²) in [7, 11) is 0. The van der Waals surface area contributed by atoms with Gasteiger partial charge in [-0.15, -0.1) is 0 Å². The summed E-state index contributed by atoms with van der Waals surface area (Å²) in [6, 6.07) is 7.99. The fraction of sp³-hybridized carbons (Fsp3) is 0.0588. The fourth-order valence-corrected chi connectivity index (χ4v) is 2.40. The molecule has 0 saturated heterocycles. The van der Waals surface area contributed by atoms with E-state index in [9.17, 15) is 22.8 Å². The van der Waals surface area contributed by atoms with Gasteiger partial charge in [-0.3, -0.25) is 9.59 Å². The van der Waals surface area contributed by atoms with Crippen LogP contribution in [0.5, 0.6) is 0 Å². The van der Waals surface area contributed by atoms with Crippen LogP contribution in [-0.4, -0.2) is 10.5 Å². The van der Waals surface area contributed by atoms with E-state index in [1.807, 2.05) is 0 Å². The quantitative estimate of drug-likeness (QED) is 0.801. The third kappa shape index (κ3) is 3.01. The van der Waals surface area contributed by atoms with E-state index in [-0.39, 0.29) is 28.6 Å². The van der Waals surface area contributed by atoms with Crippen LogP contribution in [0.4, 0.5) is 18.9 Å². The molecule has 0 aliphatic carbocycles. The highest BCUT2D eigenvalue weighted by molar-refractivity contribution is 5.92. The molecular weight excluding hydrogens is 321 g/mol. The molecule has 0 fully saturated rings. The van der Waals surface area contributed by atoms with E-state index < -0.39 is 23.4 Å². The van der Waals surface area contributed by atoms with Crippen LogP contribution in [0, 0.1) is 17.5 Å². The number of nitrogens with one attached hydrogen (secondary N) is 1. The van der Waals surface area contributed by atoms with Crippen molar-refractivity contribution in [2.45, 2.75) is 6.54 Å². The summed E-state index contributed by atoms with van der Waals surface area (Å²) in [5, 5.41) is 2.42. The normalized spacial score (nSPS) is 10.8. The van der Waals surface area contributed by atoms with Gasteiger partial charge in [-0.05, 0) is 24.3 Å². The molecule has 1 N–H and O–H groups in total. The summed E-state index contributed by atoms with van der Waals surface area (Å²) in [4.78, 5) is 23.8. The zero-order chi connectivity index (χ0) is 17.3. The monoisotopic (exact) mass is 332 g/mol. The van der Waals surface area contributed by atoms with Crippen LogP contribution >= 0.6 is 0 Å².